The summed E-state index contributed by atoms with van der Waals surface area (Å²) in [5.74, 6) is 0.423. The van der Waals surface area contributed by atoms with E-state index in [4.69, 9.17) is 15.0 Å². The predicted molar refractivity (Wildman–Crippen MR) is 100 cm³/mol. The first kappa shape index (κ1) is 15.4. The molecule has 5 nitrogen and oxygen atoms in total. The molecule has 0 saturated carbocycles. The van der Waals surface area contributed by atoms with Gasteiger partial charge in [-0.15, -0.1) is 0 Å². The van der Waals surface area contributed by atoms with Gasteiger partial charge in [-0.1, -0.05) is 24.3 Å². The number of benzene rings is 2. The molecular weight excluding hydrogens is 338 g/mol. The molecule has 0 radical (unpaired) electrons. The lowest BCUT2D eigenvalue weighted by Crippen LogP contribution is -2.08. The number of carbonyl (C=O) groups excluding carboxylic acids is 1. The molecule has 4 aromatic rings. The number of pyridine rings is 1. The molecule has 0 aliphatic carbocycles. The van der Waals surface area contributed by atoms with Crippen LogP contribution in [0.4, 0.5) is 0 Å². The van der Waals surface area contributed by atoms with Crippen molar-refractivity contribution in [3.63, 3.8) is 0 Å². The predicted octanol–water partition coefficient (Wildman–Crippen LogP) is 4.16. The zero-order valence-electron chi connectivity index (χ0n) is 14.2. The van der Waals surface area contributed by atoms with E-state index in [0.717, 1.165) is 22.2 Å². The highest BCUT2D eigenvalue weighted by Crippen LogP contribution is 2.40. The number of hydrogen-bond acceptors (Lipinski definition) is 4. The normalized spacial score (nSPS) is 11.9. The molecule has 0 atom stereocenters. The molecule has 5 heteroatoms. The second-order valence-corrected chi connectivity index (χ2v) is 6.35. The molecule has 27 heavy (non-hydrogen) atoms. The van der Waals surface area contributed by atoms with Crippen molar-refractivity contribution in [1.29, 1.82) is 5.26 Å². The van der Waals surface area contributed by atoms with Crippen LogP contribution in [-0.2, 0) is 6.61 Å². The van der Waals surface area contributed by atoms with E-state index in [1.165, 1.54) is 0 Å². The minimum absolute atomic E-state index is 0.127. The van der Waals surface area contributed by atoms with Crippen molar-refractivity contribution in [3.05, 3.63) is 83.6 Å². The van der Waals surface area contributed by atoms with Crippen LogP contribution >= 0.6 is 0 Å². The topological polar surface area (TPSA) is 67.9 Å². The van der Waals surface area contributed by atoms with Crippen LogP contribution in [0.1, 0.15) is 21.5 Å². The van der Waals surface area contributed by atoms with Crippen molar-refractivity contribution in [3.8, 4) is 23.2 Å². The van der Waals surface area contributed by atoms with E-state index in [1.807, 2.05) is 48.5 Å². The molecule has 0 saturated heterocycles. The third-order valence-electron chi connectivity index (χ3n) is 4.74. The SMILES string of the molecule is N#Cc1ccc(COc2c3c(nc4ccccc24)-c2cccn2C3=O)cc1. The summed E-state index contributed by atoms with van der Waals surface area (Å²) in [5, 5.41) is 9.74. The molecular formula is C22H13N3O2. The standard InChI is InChI=1S/C22H13N3O2/c23-12-14-7-9-15(10-8-14)13-27-21-16-4-1-2-5-17(16)24-20-18-6-3-11-25(18)22(26)19(20)21/h1-11H,13H2. The van der Waals surface area contributed by atoms with Gasteiger partial charge in [-0.3, -0.25) is 9.36 Å². The van der Waals surface area contributed by atoms with Crippen molar-refractivity contribution >= 4 is 16.8 Å². The maximum atomic E-state index is 12.9. The van der Waals surface area contributed by atoms with E-state index < -0.39 is 0 Å². The Hall–Kier alpha value is -3.91. The van der Waals surface area contributed by atoms with Gasteiger partial charge >= 0.3 is 0 Å². The molecule has 1 aliphatic rings. The highest BCUT2D eigenvalue weighted by Gasteiger charge is 2.32. The Balaban J connectivity index is 1.62. The fourth-order valence-corrected chi connectivity index (χ4v) is 3.42. The van der Waals surface area contributed by atoms with E-state index in [-0.39, 0.29) is 5.91 Å². The molecule has 0 fully saturated rings. The first-order valence-electron chi connectivity index (χ1n) is 8.53. The fraction of sp³-hybridized carbons (Fsp3) is 0.0455. The molecule has 0 spiro atoms. The van der Waals surface area contributed by atoms with Gasteiger partial charge in [-0.2, -0.15) is 5.26 Å². The van der Waals surface area contributed by atoms with Gasteiger partial charge in [-0.25, -0.2) is 4.98 Å². The number of ether oxygens (including phenoxy) is 1. The number of aromatic nitrogens is 2. The Kier molecular flexibility index (Phi) is 3.31. The van der Waals surface area contributed by atoms with E-state index in [9.17, 15) is 4.79 Å². The van der Waals surface area contributed by atoms with E-state index >= 15 is 0 Å². The van der Waals surface area contributed by atoms with Crippen LogP contribution in [0.15, 0.2) is 66.9 Å². The zero-order valence-corrected chi connectivity index (χ0v) is 14.2. The zero-order chi connectivity index (χ0) is 18.4. The molecule has 0 bridgehead atoms. The molecule has 2 aromatic heterocycles. The van der Waals surface area contributed by atoms with E-state index in [1.54, 1.807) is 22.9 Å². The number of para-hydroxylation sites is 1. The number of hydrogen-bond donors (Lipinski definition) is 0. The quantitative estimate of drug-likeness (QED) is 0.489. The summed E-state index contributed by atoms with van der Waals surface area (Å²) in [6.45, 7) is 0.300. The Morgan fingerprint density at radius 1 is 1.04 bits per heavy atom. The molecule has 0 amide bonds. The van der Waals surface area contributed by atoms with Crippen LogP contribution in [0.5, 0.6) is 5.75 Å². The summed E-state index contributed by atoms with van der Waals surface area (Å²) in [6.07, 6.45) is 1.74. The molecule has 1 aliphatic heterocycles. The van der Waals surface area contributed by atoms with Crippen molar-refractivity contribution in [2.45, 2.75) is 6.61 Å². The Morgan fingerprint density at radius 2 is 1.85 bits per heavy atom. The van der Waals surface area contributed by atoms with Gasteiger partial charge in [-0.05, 0) is 42.0 Å². The van der Waals surface area contributed by atoms with Gasteiger partial charge in [0.05, 0.1) is 22.8 Å². The van der Waals surface area contributed by atoms with Crippen molar-refractivity contribution in [1.82, 2.24) is 9.55 Å². The largest absolute Gasteiger partial charge is 0.487 e. The second-order valence-electron chi connectivity index (χ2n) is 6.35. The highest BCUT2D eigenvalue weighted by molar-refractivity contribution is 6.13. The van der Waals surface area contributed by atoms with Crippen molar-refractivity contribution in [2.75, 3.05) is 0 Å². The van der Waals surface area contributed by atoms with Crippen LogP contribution in [0.3, 0.4) is 0 Å². The van der Waals surface area contributed by atoms with Crippen molar-refractivity contribution < 1.29 is 9.53 Å². The molecule has 0 unspecified atom stereocenters. The molecule has 3 heterocycles. The lowest BCUT2D eigenvalue weighted by Gasteiger charge is -2.13. The minimum Gasteiger partial charge on any atom is -0.487 e. The average molecular weight is 351 g/mol. The van der Waals surface area contributed by atoms with Crippen LogP contribution < -0.4 is 4.74 Å². The average Bonchev–Trinajstić information content (AvgIpc) is 3.29. The third-order valence-corrected chi connectivity index (χ3v) is 4.74. The first-order chi connectivity index (χ1) is 13.3. The third kappa shape index (κ3) is 2.31. The summed E-state index contributed by atoms with van der Waals surface area (Å²) < 4.78 is 7.74. The number of nitriles is 1. The number of rotatable bonds is 3. The summed E-state index contributed by atoms with van der Waals surface area (Å²) in [5.41, 5.74) is 4.24. The summed E-state index contributed by atoms with van der Waals surface area (Å²) in [6, 6.07) is 20.7. The van der Waals surface area contributed by atoms with Gasteiger partial charge < -0.3 is 4.74 Å². The maximum Gasteiger partial charge on any atom is 0.268 e. The summed E-state index contributed by atoms with van der Waals surface area (Å²) >= 11 is 0. The Bertz CT molecular complexity index is 1250. The number of carbonyl (C=O) groups is 1. The molecule has 128 valence electrons. The lowest BCUT2D eigenvalue weighted by molar-refractivity contribution is 0.0965. The first-order valence-corrected chi connectivity index (χ1v) is 8.53. The van der Waals surface area contributed by atoms with Crippen LogP contribution in [-0.4, -0.2) is 15.5 Å². The summed E-state index contributed by atoms with van der Waals surface area (Å²) in [7, 11) is 0. The van der Waals surface area contributed by atoms with Crippen molar-refractivity contribution in [2.24, 2.45) is 0 Å². The Labute approximate surface area is 155 Å². The molecule has 5 rings (SSSR count). The monoisotopic (exact) mass is 351 g/mol. The molecule has 0 N–H and O–H groups in total. The highest BCUT2D eigenvalue weighted by atomic mass is 16.5. The van der Waals surface area contributed by atoms with Crippen LogP contribution in [0.25, 0.3) is 22.3 Å². The van der Waals surface area contributed by atoms with Gasteiger partial charge in [0.1, 0.15) is 23.6 Å². The summed E-state index contributed by atoms with van der Waals surface area (Å²) in [4.78, 5) is 17.6. The lowest BCUT2D eigenvalue weighted by atomic mass is 10.1. The smallest absolute Gasteiger partial charge is 0.268 e. The van der Waals surface area contributed by atoms with Gasteiger partial charge in [0, 0.05) is 11.6 Å². The molecule has 2 aromatic carbocycles. The van der Waals surface area contributed by atoms with Crippen LogP contribution in [0, 0.1) is 11.3 Å². The van der Waals surface area contributed by atoms with Gasteiger partial charge in [0.2, 0.25) is 0 Å². The number of nitrogens with zero attached hydrogens (tertiary/aromatic N) is 3. The number of fused-ring (bicyclic) bond motifs is 4. The van der Waals surface area contributed by atoms with E-state index in [2.05, 4.69) is 6.07 Å². The van der Waals surface area contributed by atoms with Crippen LogP contribution in [0.2, 0.25) is 0 Å². The fourth-order valence-electron chi connectivity index (χ4n) is 3.42. The van der Waals surface area contributed by atoms with E-state index in [0.29, 0.717) is 29.2 Å². The van der Waals surface area contributed by atoms with Gasteiger partial charge in [0.25, 0.3) is 5.91 Å². The Morgan fingerprint density at radius 3 is 2.67 bits per heavy atom. The minimum atomic E-state index is -0.127. The van der Waals surface area contributed by atoms with Gasteiger partial charge in [0.15, 0.2) is 0 Å². The maximum absolute atomic E-state index is 12.9. The second kappa shape index (κ2) is 5.82.